The number of halogens is 2. The molecule has 6 rings (SSSR count). The number of rotatable bonds is 2. The summed E-state index contributed by atoms with van der Waals surface area (Å²) >= 11 is 1.46. The first-order valence-electron chi connectivity index (χ1n) is 15.8. The first-order chi connectivity index (χ1) is 20.6. The van der Waals surface area contributed by atoms with Crippen LogP contribution < -0.4 is 24.8 Å². The zero-order chi connectivity index (χ0) is 32.1. The molecule has 0 heterocycles. The SMILES string of the molecule is CC(C)(C)c1[c-]c2c(cc1)-c1ccc(C(C)(C)C)cc1C2.CC(C)(C)c1ccc([C](=[Zr+2])c2ccccc2)cc1.[Cl-].[Cl-].c1cc[cH-]c1. The molecule has 0 bridgehead atoms. The Morgan fingerprint density at radius 3 is 1.61 bits per heavy atom. The Balaban J connectivity index is 0.000000270. The summed E-state index contributed by atoms with van der Waals surface area (Å²) in [4.78, 5) is 0. The molecular weight excluding hydrogens is 679 g/mol. The van der Waals surface area contributed by atoms with Gasteiger partial charge in [0, 0.05) is 0 Å². The molecular formula is C43H48Cl2Zr-2. The summed E-state index contributed by atoms with van der Waals surface area (Å²) in [5, 5.41) is 0. The van der Waals surface area contributed by atoms with E-state index < -0.39 is 0 Å². The second kappa shape index (κ2) is 16.6. The van der Waals surface area contributed by atoms with Gasteiger partial charge in [-0.25, -0.2) is 12.1 Å². The Hall–Kier alpha value is -2.44. The van der Waals surface area contributed by atoms with Gasteiger partial charge in [-0.15, -0.1) is 11.1 Å². The van der Waals surface area contributed by atoms with Crippen molar-refractivity contribution >= 4 is 3.21 Å². The van der Waals surface area contributed by atoms with E-state index in [9.17, 15) is 0 Å². The minimum absolute atomic E-state index is 0. The van der Waals surface area contributed by atoms with E-state index in [0.717, 1.165) is 6.42 Å². The van der Waals surface area contributed by atoms with E-state index in [0.29, 0.717) is 0 Å². The van der Waals surface area contributed by atoms with Crippen molar-refractivity contribution in [1.29, 1.82) is 0 Å². The molecule has 0 fully saturated rings. The molecule has 0 radical (unpaired) electrons. The van der Waals surface area contributed by atoms with Gasteiger partial charge in [-0.3, -0.25) is 0 Å². The van der Waals surface area contributed by atoms with Crippen molar-refractivity contribution in [1.82, 2.24) is 0 Å². The molecule has 1 aliphatic rings. The quantitative estimate of drug-likeness (QED) is 0.217. The average molecular weight is 727 g/mol. The molecule has 0 nitrogen and oxygen atoms in total. The van der Waals surface area contributed by atoms with Crippen molar-refractivity contribution in [3.63, 3.8) is 0 Å². The number of benzene rings is 4. The van der Waals surface area contributed by atoms with Gasteiger partial charge in [0.15, 0.2) is 0 Å². The van der Waals surface area contributed by atoms with Gasteiger partial charge >= 0.3 is 125 Å². The van der Waals surface area contributed by atoms with Crippen LogP contribution in [0.5, 0.6) is 0 Å². The average Bonchev–Trinajstić information content (AvgIpc) is 3.68. The standard InChI is InChI=1S/C21H25.C17H18.C5H5.2ClH.Zr/c1-20(2,3)16-7-9-18-14(12-16)11-15-13-17(21(4,5)6)8-10-19(15)18;1-17(2,3)16-11-9-15(10-12-16)13-14-7-5-4-6-8-14;1-2-4-5-3-1;;;/h7-10,12H,11H2,1-6H3;4-12H,1-3H3;1-5H;2*1H;/q-1;;-1;;;+2/p-2. The first kappa shape index (κ1) is 39.7. The molecule has 46 heavy (non-hydrogen) atoms. The van der Waals surface area contributed by atoms with Gasteiger partial charge in [0.05, 0.1) is 0 Å². The summed E-state index contributed by atoms with van der Waals surface area (Å²) in [6.07, 6.45) is 1.03. The topological polar surface area (TPSA) is 0 Å². The Morgan fingerprint density at radius 1 is 0.587 bits per heavy atom. The zero-order valence-corrected chi connectivity index (χ0v) is 32.9. The fourth-order valence-electron chi connectivity index (χ4n) is 5.26. The van der Waals surface area contributed by atoms with Crippen LogP contribution in [0.4, 0.5) is 0 Å². The van der Waals surface area contributed by atoms with Crippen molar-refractivity contribution in [3.8, 4) is 11.1 Å². The molecule has 0 aromatic heterocycles. The van der Waals surface area contributed by atoms with Crippen molar-refractivity contribution in [2.45, 2.75) is 85.0 Å². The molecule has 0 aliphatic heterocycles. The minimum atomic E-state index is 0. The van der Waals surface area contributed by atoms with Gasteiger partial charge in [0.2, 0.25) is 0 Å². The van der Waals surface area contributed by atoms with E-state index in [2.05, 4.69) is 153 Å². The second-order valence-electron chi connectivity index (χ2n) is 14.8. The monoisotopic (exact) mass is 724 g/mol. The summed E-state index contributed by atoms with van der Waals surface area (Å²) in [6, 6.07) is 44.8. The van der Waals surface area contributed by atoms with Crippen molar-refractivity contribution < 1.29 is 49.0 Å². The number of fused-ring (bicyclic) bond motifs is 3. The molecule has 240 valence electrons. The predicted octanol–water partition coefficient (Wildman–Crippen LogP) is 5.17. The van der Waals surface area contributed by atoms with Crippen LogP contribution in [0.2, 0.25) is 0 Å². The first-order valence-corrected chi connectivity index (χ1v) is 17.0. The minimum Gasteiger partial charge on any atom is -1.00 e. The van der Waals surface area contributed by atoms with Gasteiger partial charge in [-0.2, -0.15) is 42.0 Å². The molecule has 1 aliphatic carbocycles. The number of hydrogen-bond acceptors (Lipinski definition) is 0. The third kappa shape index (κ3) is 10.5. The molecule has 0 unspecified atom stereocenters. The van der Waals surface area contributed by atoms with Crippen LogP contribution in [0.25, 0.3) is 11.1 Å². The fraction of sp³-hybridized carbons (Fsp3) is 0.302. The normalized spacial score (nSPS) is 11.7. The molecule has 5 aromatic rings. The van der Waals surface area contributed by atoms with E-state index in [1.807, 2.05) is 30.3 Å². The second-order valence-corrected chi connectivity index (χ2v) is 16.1. The van der Waals surface area contributed by atoms with Gasteiger partial charge in [0.1, 0.15) is 0 Å². The summed E-state index contributed by atoms with van der Waals surface area (Å²) in [5.74, 6) is 0. The molecule has 0 spiro atoms. The number of hydrogen-bond donors (Lipinski definition) is 0. The third-order valence-electron chi connectivity index (χ3n) is 8.12. The van der Waals surface area contributed by atoms with Crippen LogP contribution in [0.3, 0.4) is 0 Å². The van der Waals surface area contributed by atoms with E-state index >= 15 is 0 Å². The van der Waals surface area contributed by atoms with Crippen LogP contribution in [0.1, 0.15) is 101 Å². The maximum Gasteiger partial charge on any atom is -0.172 e. The molecule has 0 N–H and O–H groups in total. The van der Waals surface area contributed by atoms with Crippen molar-refractivity contribution in [3.05, 3.63) is 160 Å². The molecule has 0 atom stereocenters. The third-order valence-corrected chi connectivity index (χ3v) is 9.54. The summed E-state index contributed by atoms with van der Waals surface area (Å²) < 4.78 is 1.42. The molecule has 3 heteroatoms. The van der Waals surface area contributed by atoms with Crippen LogP contribution in [0, 0.1) is 6.07 Å². The Bertz CT molecular complexity index is 1580. The largest absolute Gasteiger partial charge is 1.00 e. The van der Waals surface area contributed by atoms with Gasteiger partial charge in [-0.05, 0) is 28.4 Å². The predicted molar refractivity (Wildman–Crippen MR) is 188 cm³/mol. The van der Waals surface area contributed by atoms with E-state index in [1.54, 1.807) is 0 Å². The summed E-state index contributed by atoms with van der Waals surface area (Å²) in [5.41, 5.74) is 13.0. The Morgan fingerprint density at radius 2 is 1.11 bits per heavy atom. The Kier molecular flexibility index (Phi) is 14.3. The smallest absolute Gasteiger partial charge is 0.172 e. The van der Waals surface area contributed by atoms with E-state index in [1.165, 1.54) is 77.5 Å². The molecule has 0 saturated heterocycles. The maximum absolute atomic E-state index is 3.67. The van der Waals surface area contributed by atoms with Crippen LogP contribution in [-0.2, 0) is 46.9 Å². The summed E-state index contributed by atoms with van der Waals surface area (Å²) in [7, 11) is 0. The van der Waals surface area contributed by atoms with Crippen LogP contribution in [-0.4, -0.2) is 3.21 Å². The van der Waals surface area contributed by atoms with E-state index in [4.69, 9.17) is 0 Å². The van der Waals surface area contributed by atoms with Gasteiger partial charge < -0.3 is 24.8 Å². The van der Waals surface area contributed by atoms with Gasteiger partial charge in [-0.1, -0.05) is 65.3 Å². The molecule has 5 aromatic carbocycles. The van der Waals surface area contributed by atoms with Crippen molar-refractivity contribution in [2.24, 2.45) is 0 Å². The van der Waals surface area contributed by atoms with Crippen molar-refractivity contribution in [2.75, 3.05) is 0 Å². The van der Waals surface area contributed by atoms with Gasteiger partial charge in [0.25, 0.3) is 0 Å². The van der Waals surface area contributed by atoms with E-state index in [-0.39, 0.29) is 41.1 Å². The summed E-state index contributed by atoms with van der Waals surface area (Å²) in [6.45, 7) is 20.4. The molecule has 0 saturated carbocycles. The maximum atomic E-state index is 3.67. The molecule has 0 amide bonds. The zero-order valence-electron chi connectivity index (χ0n) is 28.9. The Labute approximate surface area is 306 Å². The van der Waals surface area contributed by atoms with Crippen LogP contribution in [0.15, 0.2) is 115 Å². The van der Waals surface area contributed by atoms with Crippen LogP contribution >= 0.6 is 0 Å². The fourth-order valence-corrected chi connectivity index (χ4v) is 6.08.